The van der Waals surface area contributed by atoms with Crippen LogP contribution in [0.4, 0.5) is 0 Å². The van der Waals surface area contributed by atoms with E-state index < -0.39 is 0 Å². The Labute approximate surface area is 142 Å². The summed E-state index contributed by atoms with van der Waals surface area (Å²) in [5.74, 6) is 0. The maximum atomic E-state index is 4.99. The molecule has 24 heavy (non-hydrogen) atoms. The third-order valence-corrected chi connectivity index (χ3v) is 4.38. The zero-order chi connectivity index (χ0) is 16.5. The first-order valence-corrected chi connectivity index (χ1v) is 8.24. The van der Waals surface area contributed by atoms with Crippen molar-refractivity contribution in [2.24, 2.45) is 0 Å². The lowest BCUT2D eigenvalue weighted by atomic mass is 9.96. The minimum Gasteiger partial charge on any atom is -0.247 e. The van der Waals surface area contributed by atoms with Crippen molar-refractivity contribution in [3.8, 4) is 22.4 Å². The molecule has 1 aromatic heterocycles. The van der Waals surface area contributed by atoms with Crippen LogP contribution in [0.2, 0.25) is 0 Å². The van der Waals surface area contributed by atoms with E-state index in [0.29, 0.717) is 0 Å². The minimum absolute atomic E-state index is 1.04. The number of rotatable bonds is 2. The van der Waals surface area contributed by atoms with Gasteiger partial charge in [0.2, 0.25) is 0 Å². The highest BCUT2D eigenvalue weighted by atomic mass is 14.7. The van der Waals surface area contributed by atoms with Crippen molar-refractivity contribution in [1.29, 1.82) is 0 Å². The van der Waals surface area contributed by atoms with Crippen LogP contribution in [0, 0.1) is 13.8 Å². The van der Waals surface area contributed by atoms with Crippen molar-refractivity contribution >= 4 is 10.9 Å². The molecule has 4 aromatic rings. The Bertz CT molecular complexity index is 999. The summed E-state index contributed by atoms with van der Waals surface area (Å²) in [5.41, 5.74) is 8.12. The number of fused-ring (bicyclic) bond motifs is 1. The van der Waals surface area contributed by atoms with Crippen molar-refractivity contribution in [3.63, 3.8) is 0 Å². The van der Waals surface area contributed by atoms with Gasteiger partial charge in [-0.15, -0.1) is 0 Å². The highest BCUT2D eigenvalue weighted by Gasteiger charge is 2.11. The molecule has 0 amide bonds. The molecule has 0 fully saturated rings. The quantitative estimate of drug-likeness (QED) is 0.430. The van der Waals surface area contributed by atoms with E-state index >= 15 is 0 Å². The van der Waals surface area contributed by atoms with Gasteiger partial charge in [-0.05, 0) is 37.6 Å². The van der Waals surface area contributed by atoms with Gasteiger partial charge in [-0.2, -0.15) is 0 Å². The van der Waals surface area contributed by atoms with Gasteiger partial charge in [0.25, 0.3) is 0 Å². The standard InChI is InChI=1S/C23H19N/c1-16-8-11-19(12-9-16)23-21(18-6-4-3-5-7-18)15-20-14-17(2)10-13-22(20)24-23/h3-15H,1-2H3. The maximum Gasteiger partial charge on any atom is 0.0788 e. The fourth-order valence-electron chi connectivity index (χ4n) is 3.07. The van der Waals surface area contributed by atoms with Crippen LogP contribution in [0.1, 0.15) is 11.1 Å². The van der Waals surface area contributed by atoms with Gasteiger partial charge in [0.15, 0.2) is 0 Å². The number of hydrogen-bond donors (Lipinski definition) is 0. The third kappa shape index (κ3) is 2.69. The lowest BCUT2D eigenvalue weighted by Gasteiger charge is -2.12. The Hall–Kier alpha value is -2.93. The van der Waals surface area contributed by atoms with Crippen LogP contribution >= 0.6 is 0 Å². The summed E-state index contributed by atoms with van der Waals surface area (Å²) >= 11 is 0. The summed E-state index contributed by atoms with van der Waals surface area (Å²) in [4.78, 5) is 4.99. The number of pyridine rings is 1. The van der Waals surface area contributed by atoms with Crippen LogP contribution in [-0.2, 0) is 0 Å². The molecule has 0 unspecified atom stereocenters. The minimum atomic E-state index is 1.04. The SMILES string of the molecule is Cc1ccc(-c2nc3ccc(C)cc3cc2-c2ccccc2)cc1. The molecule has 0 bridgehead atoms. The van der Waals surface area contributed by atoms with Gasteiger partial charge in [-0.25, -0.2) is 4.98 Å². The molecule has 0 aliphatic heterocycles. The second kappa shape index (κ2) is 5.93. The van der Waals surface area contributed by atoms with Gasteiger partial charge in [0.05, 0.1) is 11.2 Å². The second-order valence-corrected chi connectivity index (χ2v) is 6.31. The van der Waals surface area contributed by atoms with Crippen LogP contribution in [0.15, 0.2) is 78.9 Å². The maximum absolute atomic E-state index is 4.99. The number of hydrogen-bond acceptors (Lipinski definition) is 1. The average molecular weight is 309 g/mol. The monoisotopic (exact) mass is 309 g/mol. The molecule has 1 heterocycles. The van der Waals surface area contributed by atoms with E-state index in [1.54, 1.807) is 0 Å². The molecule has 0 saturated carbocycles. The molecule has 1 heteroatoms. The fourth-order valence-corrected chi connectivity index (χ4v) is 3.07. The summed E-state index contributed by atoms with van der Waals surface area (Å²) in [6.07, 6.45) is 0. The number of nitrogens with zero attached hydrogens (tertiary/aromatic N) is 1. The summed E-state index contributed by atoms with van der Waals surface area (Å²) in [5, 5.41) is 1.18. The Morgan fingerprint density at radius 3 is 2.08 bits per heavy atom. The van der Waals surface area contributed by atoms with E-state index in [1.165, 1.54) is 27.6 Å². The molecule has 3 aromatic carbocycles. The van der Waals surface area contributed by atoms with Crippen LogP contribution in [0.25, 0.3) is 33.3 Å². The van der Waals surface area contributed by atoms with Crippen LogP contribution in [0.5, 0.6) is 0 Å². The number of aromatic nitrogens is 1. The van der Waals surface area contributed by atoms with Crippen LogP contribution in [-0.4, -0.2) is 4.98 Å². The second-order valence-electron chi connectivity index (χ2n) is 6.31. The van der Waals surface area contributed by atoms with E-state index in [9.17, 15) is 0 Å². The topological polar surface area (TPSA) is 12.9 Å². The third-order valence-electron chi connectivity index (χ3n) is 4.38. The zero-order valence-electron chi connectivity index (χ0n) is 14.0. The Balaban J connectivity index is 2.02. The molecule has 0 spiro atoms. The Kier molecular flexibility index (Phi) is 3.62. The predicted molar refractivity (Wildman–Crippen MR) is 102 cm³/mol. The van der Waals surface area contributed by atoms with E-state index in [0.717, 1.165) is 16.8 Å². The van der Waals surface area contributed by atoms with Gasteiger partial charge in [0, 0.05) is 16.5 Å². The van der Waals surface area contributed by atoms with Gasteiger partial charge in [-0.1, -0.05) is 71.8 Å². The summed E-state index contributed by atoms with van der Waals surface area (Å²) < 4.78 is 0. The lowest BCUT2D eigenvalue weighted by molar-refractivity contribution is 1.37. The molecule has 0 N–H and O–H groups in total. The first-order chi connectivity index (χ1) is 11.7. The smallest absolute Gasteiger partial charge is 0.0788 e. The normalized spacial score (nSPS) is 10.9. The van der Waals surface area contributed by atoms with Crippen molar-refractivity contribution in [1.82, 2.24) is 4.98 Å². The largest absolute Gasteiger partial charge is 0.247 e. The lowest BCUT2D eigenvalue weighted by Crippen LogP contribution is -1.92. The predicted octanol–water partition coefficient (Wildman–Crippen LogP) is 6.19. The first kappa shape index (κ1) is 14.6. The molecule has 116 valence electrons. The molecule has 1 nitrogen and oxygen atoms in total. The number of aryl methyl sites for hydroxylation is 2. The molecular formula is C23H19N. The Morgan fingerprint density at radius 1 is 0.625 bits per heavy atom. The molecule has 0 atom stereocenters. The van der Waals surface area contributed by atoms with E-state index in [4.69, 9.17) is 4.98 Å². The van der Waals surface area contributed by atoms with Crippen LogP contribution < -0.4 is 0 Å². The molecule has 0 aliphatic rings. The molecule has 0 saturated heterocycles. The summed E-state index contributed by atoms with van der Waals surface area (Å²) in [6, 6.07) is 27.8. The average Bonchev–Trinajstić information content (AvgIpc) is 2.62. The summed E-state index contributed by atoms with van der Waals surface area (Å²) in [6.45, 7) is 4.23. The van der Waals surface area contributed by atoms with Gasteiger partial charge < -0.3 is 0 Å². The zero-order valence-corrected chi connectivity index (χ0v) is 14.0. The molecular weight excluding hydrogens is 290 g/mol. The van der Waals surface area contributed by atoms with Crippen molar-refractivity contribution in [2.75, 3.05) is 0 Å². The highest BCUT2D eigenvalue weighted by molar-refractivity contribution is 5.91. The molecule has 0 aliphatic carbocycles. The van der Waals surface area contributed by atoms with E-state index in [2.05, 4.69) is 86.6 Å². The fraction of sp³-hybridized carbons (Fsp3) is 0.0870. The van der Waals surface area contributed by atoms with Crippen LogP contribution in [0.3, 0.4) is 0 Å². The summed E-state index contributed by atoms with van der Waals surface area (Å²) in [7, 11) is 0. The number of benzene rings is 3. The molecule has 4 rings (SSSR count). The van der Waals surface area contributed by atoms with Crippen molar-refractivity contribution in [3.05, 3.63) is 90.0 Å². The van der Waals surface area contributed by atoms with Crippen molar-refractivity contribution in [2.45, 2.75) is 13.8 Å². The van der Waals surface area contributed by atoms with Gasteiger partial charge in [0.1, 0.15) is 0 Å². The van der Waals surface area contributed by atoms with Gasteiger partial charge in [-0.3, -0.25) is 0 Å². The Morgan fingerprint density at radius 2 is 1.33 bits per heavy atom. The van der Waals surface area contributed by atoms with Crippen molar-refractivity contribution < 1.29 is 0 Å². The van der Waals surface area contributed by atoms with E-state index in [1.807, 2.05) is 6.07 Å². The molecule has 0 radical (unpaired) electrons. The van der Waals surface area contributed by atoms with E-state index in [-0.39, 0.29) is 0 Å². The van der Waals surface area contributed by atoms with Gasteiger partial charge >= 0.3 is 0 Å². The highest BCUT2D eigenvalue weighted by Crippen LogP contribution is 2.33. The first-order valence-electron chi connectivity index (χ1n) is 8.24.